The quantitative estimate of drug-likeness (QED) is 0.521. The smallest absolute Gasteiger partial charge is 0.447 e. The van der Waals surface area contributed by atoms with Crippen LogP contribution in [0.3, 0.4) is 0 Å². The van der Waals surface area contributed by atoms with Crippen molar-refractivity contribution >= 4 is 5.69 Å². The van der Waals surface area contributed by atoms with E-state index in [0.29, 0.717) is 0 Å². The van der Waals surface area contributed by atoms with E-state index in [1.165, 1.54) is 0 Å². The van der Waals surface area contributed by atoms with Gasteiger partial charge in [-0.15, -0.1) is 0 Å². The zero-order valence-electron chi connectivity index (χ0n) is 9.34. The molecule has 12 heteroatoms. The molecule has 1 aromatic carbocycles. The van der Waals surface area contributed by atoms with Crippen LogP contribution in [-0.2, 0) is 0 Å². The Kier molecular flexibility index (Phi) is 4.21. The topological polar surface area (TPSA) is 35.2 Å². The molecule has 1 aromatic rings. The Morgan fingerprint density at radius 2 is 1.19 bits per heavy atom. The lowest BCUT2D eigenvalue weighted by molar-refractivity contribution is -0.328. The Bertz CT molecular complexity index is 525. The average Bonchev–Trinajstić information content (AvgIpc) is 2.37. The fraction of sp³-hybridized carbons (Fsp3) is 0.333. The van der Waals surface area contributed by atoms with Crippen molar-refractivity contribution in [3.63, 3.8) is 0 Å². The van der Waals surface area contributed by atoms with Crippen molar-refractivity contribution in [1.29, 1.82) is 0 Å². The molecule has 0 bridgehead atoms. The van der Waals surface area contributed by atoms with Crippen LogP contribution in [0.25, 0.3) is 0 Å². The summed E-state index contributed by atoms with van der Waals surface area (Å²) in [5, 5.41) is 0. The summed E-state index contributed by atoms with van der Waals surface area (Å²) < 4.78 is 128. The lowest BCUT2D eigenvalue weighted by Gasteiger charge is -2.23. The Hall–Kier alpha value is -1.88. The predicted molar refractivity (Wildman–Crippen MR) is 47.2 cm³/mol. The van der Waals surface area contributed by atoms with Gasteiger partial charge in [0, 0.05) is 0 Å². The third-order valence-electron chi connectivity index (χ3n) is 2.14. The van der Waals surface area contributed by atoms with Crippen molar-refractivity contribution < 1.29 is 48.6 Å². The summed E-state index contributed by atoms with van der Waals surface area (Å²) in [6.45, 7) is 0. The van der Waals surface area contributed by atoms with E-state index in [4.69, 9.17) is 0 Å². The van der Waals surface area contributed by atoms with Crippen LogP contribution in [0.15, 0.2) is 0 Å². The minimum Gasteiger partial charge on any atom is -0.447 e. The van der Waals surface area contributed by atoms with E-state index in [0.717, 1.165) is 0 Å². The van der Waals surface area contributed by atoms with Gasteiger partial charge in [0.25, 0.3) is 0 Å². The van der Waals surface area contributed by atoms with Crippen LogP contribution in [0.2, 0.25) is 0 Å². The Morgan fingerprint density at radius 1 is 0.810 bits per heavy atom. The highest BCUT2D eigenvalue weighted by Gasteiger charge is 2.65. The molecule has 1 atom stereocenters. The molecule has 0 fully saturated rings. The molecule has 0 spiro atoms. The van der Waals surface area contributed by atoms with E-state index < -0.39 is 53.2 Å². The summed E-state index contributed by atoms with van der Waals surface area (Å²) in [5.74, 6) is -18.4. The van der Waals surface area contributed by atoms with Crippen LogP contribution in [0.1, 0.15) is 0 Å². The van der Waals surface area contributed by atoms with Crippen LogP contribution in [0.4, 0.5) is 49.6 Å². The second kappa shape index (κ2) is 5.15. The van der Waals surface area contributed by atoms with Gasteiger partial charge in [0.05, 0.1) is 0 Å². The maximum absolute atomic E-state index is 13.1. The maximum Gasteiger partial charge on any atom is 0.460 e. The Balaban J connectivity index is 3.27. The summed E-state index contributed by atoms with van der Waals surface area (Å²) in [7, 11) is 0. The largest absolute Gasteiger partial charge is 0.460 e. The molecule has 0 amide bonds. The summed E-state index contributed by atoms with van der Waals surface area (Å²) >= 11 is 0. The SMILES string of the molecule is Nc1c(F)c(F)c(OC(F)C(F)(F)C(F)(F)F)c(F)c1F. The lowest BCUT2D eigenvalue weighted by atomic mass is 10.2. The third-order valence-corrected chi connectivity index (χ3v) is 2.14. The highest BCUT2D eigenvalue weighted by molar-refractivity contribution is 5.47. The van der Waals surface area contributed by atoms with Crippen LogP contribution >= 0.6 is 0 Å². The molecule has 21 heavy (non-hydrogen) atoms. The molecule has 2 N–H and O–H groups in total. The number of nitrogens with two attached hydrogens (primary N) is 1. The van der Waals surface area contributed by atoms with Gasteiger partial charge in [0.15, 0.2) is 11.6 Å². The van der Waals surface area contributed by atoms with E-state index in [2.05, 4.69) is 10.5 Å². The van der Waals surface area contributed by atoms with Crippen molar-refractivity contribution in [3.05, 3.63) is 23.3 Å². The number of halogens is 10. The second-order valence-electron chi connectivity index (χ2n) is 3.55. The van der Waals surface area contributed by atoms with E-state index in [1.807, 2.05) is 0 Å². The molecule has 0 aliphatic carbocycles. The number of nitrogen functional groups attached to an aromatic ring is 1. The fourth-order valence-corrected chi connectivity index (χ4v) is 1.04. The molecule has 0 saturated carbocycles. The van der Waals surface area contributed by atoms with Gasteiger partial charge in [0.2, 0.25) is 17.4 Å². The number of alkyl halides is 6. The monoisotopic (exact) mass is 331 g/mol. The molecule has 1 rings (SSSR count). The summed E-state index contributed by atoms with van der Waals surface area (Å²) in [4.78, 5) is 0. The molecule has 120 valence electrons. The molecular formula is C9H3F10NO. The number of hydrogen-bond acceptors (Lipinski definition) is 2. The van der Waals surface area contributed by atoms with Gasteiger partial charge >= 0.3 is 18.5 Å². The molecule has 2 nitrogen and oxygen atoms in total. The molecule has 0 radical (unpaired) electrons. The number of benzene rings is 1. The van der Waals surface area contributed by atoms with Crippen LogP contribution in [0.5, 0.6) is 5.75 Å². The summed E-state index contributed by atoms with van der Waals surface area (Å²) in [6, 6.07) is 0. The Labute approximate surface area is 109 Å². The van der Waals surface area contributed by atoms with Crippen LogP contribution in [0, 0.1) is 23.3 Å². The van der Waals surface area contributed by atoms with Gasteiger partial charge in [0.1, 0.15) is 5.69 Å². The molecule has 0 saturated heterocycles. The van der Waals surface area contributed by atoms with Crippen molar-refractivity contribution in [3.8, 4) is 5.75 Å². The fourth-order valence-electron chi connectivity index (χ4n) is 1.04. The van der Waals surface area contributed by atoms with Crippen molar-refractivity contribution in [2.45, 2.75) is 18.5 Å². The van der Waals surface area contributed by atoms with Gasteiger partial charge in [-0.2, -0.15) is 35.1 Å². The molecule has 0 aliphatic heterocycles. The van der Waals surface area contributed by atoms with E-state index >= 15 is 0 Å². The number of anilines is 1. The molecule has 0 aromatic heterocycles. The molecular weight excluding hydrogens is 328 g/mol. The predicted octanol–water partition coefficient (Wildman–Crippen LogP) is 3.70. The molecule has 1 unspecified atom stereocenters. The normalized spacial score (nSPS) is 14.2. The first kappa shape index (κ1) is 17.2. The zero-order valence-corrected chi connectivity index (χ0v) is 9.34. The van der Waals surface area contributed by atoms with E-state index in [1.54, 1.807) is 0 Å². The maximum atomic E-state index is 13.1. The zero-order chi connectivity index (χ0) is 16.7. The van der Waals surface area contributed by atoms with E-state index in [-0.39, 0.29) is 0 Å². The molecule has 0 heterocycles. The average molecular weight is 331 g/mol. The van der Waals surface area contributed by atoms with Gasteiger partial charge in [-0.25, -0.2) is 8.78 Å². The van der Waals surface area contributed by atoms with Crippen molar-refractivity contribution in [1.82, 2.24) is 0 Å². The van der Waals surface area contributed by atoms with Gasteiger partial charge in [-0.1, -0.05) is 0 Å². The first-order chi connectivity index (χ1) is 9.32. The molecule has 0 aliphatic rings. The number of ether oxygens (including phenoxy) is 1. The van der Waals surface area contributed by atoms with Crippen molar-refractivity contribution in [2.75, 3.05) is 5.73 Å². The van der Waals surface area contributed by atoms with E-state index in [9.17, 15) is 43.9 Å². The van der Waals surface area contributed by atoms with Gasteiger partial charge in [-0.3, -0.25) is 0 Å². The summed E-state index contributed by atoms with van der Waals surface area (Å²) in [6.07, 6.45) is -11.1. The Morgan fingerprint density at radius 3 is 1.52 bits per heavy atom. The number of rotatable bonds is 3. The van der Waals surface area contributed by atoms with Crippen molar-refractivity contribution in [2.24, 2.45) is 0 Å². The first-order valence-corrected chi connectivity index (χ1v) is 4.69. The van der Waals surface area contributed by atoms with Crippen LogP contribution < -0.4 is 10.5 Å². The summed E-state index contributed by atoms with van der Waals surface area (Å²) in [5.41, 5.74) is 2.80. The standard InChI is InChI=1S/C9H3F10NO/c10-1-3(12)6(4(13)2(11)5(1)20)21-7(14)8(15,16)9(17,18)19/h7H,20H2. The third kappa shape index (κ3) is 2.78. The highest BCUT2D eigenvalue weighted by Crippen LogP contribution is 2.41. The minimum atomic E-state index is -6.47. The van der Waals surface area contributed by atoms with Gasteiger partial charge in [-0.05, 0) is 0 Å². The highest BCUT2D eigenvalue weighted by atomic mass is 19.4. The van der Waals surface area contributed by atoms with Gasteiger partial charge < -0.3 is 10.5 Å². The second-order valence-corrected chi connectivity index (χ2v) is 3.55. The number of hydrogen-bond donors (Lipinski definition) is 1. The lowest BCUT2D eigenvalue weighted by Crippen LogP contribution is -2.47. The van der Waals surface area contributed by atoms with Crippen LogP contribution in [-0.4, -0.2) is 18.5 Å². The minimum absolute atomic E-state index is 1.73. The first-order valence-electron chi connectivity index (χ1n) is 4.69.